The summed E-state index contributed by atoms with van der Waals surface area (Å²) in [5.41, 5.74) is 2.91. The van der Waals surface area contributed by atoms with Crippen molar-refractivity contribution in [3.05, 3.63) is 76.4 Å². The Bertz CT molecular complexity index is 1650. The minimum atomic E-state index is -0.286. The third-order valence-electron chi connectivity index (χ3n) is 10.4. The highest BCUT2D eigenvalue weighted by Crippen LogP contribution is 2.45. The number of hydrogen-bond donors (Lipinski definition) is 2. The van der Waals surface area contributed by atoms with Crippen molar-refractivity contribution < 1.29 is 4.39 Å². The topological polar surface area (TPSA) is 106 Å². The molecule has 2 aromatic heterocycles. The molecule has 3 heterocycles. The van der Waals surface area contributed by atoms with Crippen LogP contribution < -0.4 is 16.2 Å². The van der Waals surface area contributed by atoms with Crippen LogP contribution in [-0.2, 0) is 19.5 Å². The van der Waals surface area contributed by atoms with Crippen LogP contribution in [0, 0.1) is 29.0 Å². The molecule has 2 fully saturated rings. The summed E-state index contributed by atoms with van der Waals surface area (Å²) in [6.07, 6.45) is 4.89. The van der Waals surface area contributed by atoms with E-state index >= 15 is 0 Å². The number of hydrogen-bond acceptors (Lipinski definition) is 8. The van der Waals surface area contributed by atoms with E-state index in [1.54, 1.807) is 16.7 Å². The third kappa shape index (κ3) is 10.2. The van der Waals surface area contributed by atoms with Crippen LogP contribution in [0.4, 0.5) is 10.1 Å². The van der Waals surface area contributed by atoms with E-state index in [0.29, 0.717) is 41.1 Å². The second kappa shape index (κ2) is 17.3. The highest BCUT2D eigenvalue weighted by molar-refractivity contribution is 5.81. The SMILES string of the molecule is CC.CC1CN(C(C)Nc2ccc3c(=O)n(CCc4ccc(F)cc4)c(Cn4ncnn4)nc3c2)CCN1.CC1C[C@@H](C)C(C)(C)CC1C. The first-order valence-electron chi connectivity index (χ1n) is 18.1. The highest BCUT2D eigenvalue weighted by Gasteiger charge is 2.35. The lowest BCUT2D eigenvalue weighted by Crippen LogP contribution is -2.53. The van der Waals surface area contributed by atoms with Crippen molar-refractivity contribution in [2.45, 2.75) is 107 Å². The first kappa shape index (κ1) is 38.1. The second-order valence-corrected chi connectivity index (χ2v) is 14.5. The summed E-state index contributed by atoms with van der Waals surface area (Å²) in [7, 11) is 0. The number of aryl methyl sites for hydroxylation is 1. The van der Waals surface area contributed by atoms with Gasteiger partial charge >= 0.3 is 0 Å². The molecular formula is C38H58FN9O. The normalized spacial score (nSPS) is 22.7. The van der Waals surface area contributed by atoms with E-state index in [2.05, 4.69) is 79.4 Å². The van der Waals surface area contributed by atoms with Gasteiger partial charge in [-0.05, 0) is 97.4 Å². The lowest BCUT2D eigenvalue weighted by molar-refractivity contribution is 0.0733. The largest absolute Gasteiger partial charge is 0.370 e. The summed E-state index contributed by atoms with van der Waals surface area (Å²) in [5.74, 6) is 3.04. The number of tetrazole rings is 1. The van der Waals surface area contributed by atoms with Crippen LogP contribution in [0.5, 0.6) is 0 Å². The van der Waals surface area contributed by atoms with Crippen molar-refractivity contribution in [3.63, 3.8) is 0 Å². The number of aromatic nitrogens is 6. The predicted octanol–water partition coefficient (Wildman–Crippen LogP) is 6.61. The molecule has 1 aliphatic carbocycles. The zero-order chi connectivity index (χ0) is 35.7. The van der Waals surface area contributed by atoms with Crippen LogP contribution in [0.25, 0.3) is 10.9 Å². The fourth-order valence-electron chi connectivity index (χ4n) is 6.98. The molecule has 0 amide bonds. The van der Waals surface area contributed by atoms with Crippen LogP contribution in [0.3, 0.4) is 0 Å². The number of rotatable bonds is 8. The molecule has 5 atom stereocenters. The Morgan fingerprint density at radius 1 is 1.06 bits per heavy atom. The zero-order valence-corrected chi connectivity index (χ0v) is 31.1. The Morgan fingerprint density at radius 3 is 2.45 bits per heavy atom. The maximum absolute atomic E-state index is 13.5. The molecule has 0 radical (unpaired) electrons. The maximum atomic E-state index is 13.5. The number of nitrogens with one attached hydrogen (secondary N) is 2. The van der Waals surface area contributed by atoms with Crippen LogP contribution in [-0.4, -0.2) is 66.5 Å². The van der Waals surface area contributed by atoms with E-state index in [9.17, 15) is 9.18 Å². The second-order valence-electron chi connectivity index (χ2n) is 14.5. The van der Waals surface area contributed by atoms with Gasteiger partial charge in [-0.25, -0.2) is 9.37 Å². The summed E-state index contributed by atoms with van der Waals surface area (Å²) in [6, 6.07) is 12.4. The first-order chi connectivity index (χ1) is 23.4. The van der Waals surface area contributed by atoms with Gasteiger partial charge in [-0.15, -0.1) is 10.2 Å². The minimum absolute atomic E-state index is 0.132. The molecule has 49 heavy (non-hydrogen) atoms. The van der Waals surface area contributed by atoms with Crippen LogP contribution in [0.2, 0.25) is 0 Å². The Kier molecular flexibility index (Phi) is 13.5. The van der Waals surface area contributed by atoms with Gasteiger partial charge < -0.3 is 10.6 Å². The van der Waals surface area contributed by atoms with Crippen molar-refractivity contribution in [2.75, 3.05) is 25.0 Å². The summed E-state index contributed by atoms with van der Waals surface area (Å²) >= 11 is 0. The van der Waals surface area contributed by atoms with Gasteiger partial charge in [0.05, 0.1) is 17.1 Å². The quantitative estimate of drug-likeness (QED) is 0.215. The monoisotopic (exact) mass is 675 g/mol. The van der Waals surface area contributed by atoms with Crippen LogP contribution >= 0.6 is 0 Å². The molecule has 0 bridgehead atoms. The maximum Gasteiger partial charge on any atom is 0.261 e. The van der Waals surface area contributed by atoms with Gasteiger partial charge in [-0.2, -0.15) is 4.80 Å². The van der Waals surface area contributed by atoms with Gasteiger partial charge in [0.2, 0.25) is 0 Å². The van der Waals surface area contributed by atoms with E-state index in [1.165, 1.54) is 36.1 Å². The predicted molar refractivity (Wildman–Crippen MR) is 197 cm³/mol. The molecule has 1 saturated heterocycles. The molecule has 6 rings (SSSR count). The number of piperazine rings is 1. The number of anilines is 1. The number of halogens is 1. The Balaban J connectivity index is 0.000000352. The fourth-order valence-corrected chi connectivity index (χ4v) is 6.98. The molecule has 2 aliphatic rings. The average molecular weight is 676 g/mol. The molecule has 11 heteroatoms. The number of benzene rings is 2. The molecule has 268 valence electrons. The van der Waals surface area contributed by atoms with Crippen molar-refractivity contribution >= 4 is 16.6 Å². The lowest BCUT2D eigenvalue weighted by Gasteiger charge is -2.43. The van der Waals surface area contributed by atoms with Crippen LogP contribution in [0.15, 0.2) is 53.6 Å². The van der Waals surface area contributed by atoms with Crippen LogP contribution in [0.1, 0.15) is 86.5 Å². The van der Waals surface area contributed by atoms with Gasteiger partial charge in [0.15, 0.2) is 6.33 Å². The van der Waals surface area contributed by atoms with Crippen molar-refractivity contribution in [3.8, 4) is 0 Å². The van der Waals surface area contributed by atoms with E-state index < -0.39 is 0 Å². The molecule has 4 aromatic rings. The van der Waals surface area contributed by atoms with E-state index in [-0.39, 0.29) is 24.1 Å². The number of nitrogens with zero attached hydrogens (tertiary/aromatic N) is 7. The van der Waals surface area contributed by atoms with Gasteiger partial charge in [0, 0.05) is 37.9 Å². The molecule has 2 aromatic carbocycles. The first-order valence-corrected chi connectivity index (χ1v) is 18.1. The van der Waals surface area contributed by atoms with Gasteiger partial charge in [-0.1, -0.05) is 60.6 Å². The Morgan fingerprint density at radius 2 is 1.80 bits per heavy atom. The summed E-state index contributed by atoms with van der Waals surface area (Å²) in [5, 5.41) is 19.3. The minimum Gasteiger partial charge on any atom is -0.370 e. The summed E-state index contributed by atoms with van der Waals surface area (Å²) < 4.78 is 14.9. The van der Waals surface area contributed by atoms with Crippen molar-refractivity contribution in [2.24, 2.45) is 23.2 Å². The molecule has 4 unspecified atom stereocenters. The fraction of sp³-hybridized carbons (Fsp3) is 0.605. The standard InChI is InChI=1S/C25H30FN9O.C11H22.C2H6/c1-17-14-33(12-10-27-17)18(2)30-21-7-8-22-23(13-21)31-24(15-35-29-16-28-32-35)34(25(22)36)11-9-19-3-5-20(26)6-4-19;1-8-6-10(3)11(4,5)7-9(8)2;1-2/h3-8,13,16-18,27,30H,9-12,14-15H2,1-2H3;8-10H,6-7H2,1-5H3;1-2H3/t;8?,9?,10-;/m.1./s1. The summed E-state index contributed by atoms with van der Waals surface area (Å²) in [4.78, 5) is 22.2. The smallest absolute Gasteiger partial charge is 0.261 e. The van der Waals surface area contributed by atoms with Crippen molar-refractivity contribution in [1.82, 2.24) is 40.0 Å². The average Bonchev–Trinajstić information content (AvgIpc) is 3.59. The van der Waals surface area contributed by atoms with E-state index in [4.69, 9.17) is 4.98 Å². The van der Waals surface area contributed by atoms with Gasteiger partial charge in [0.25, 0.3) is 5.56 Å². The van der Waals surface area contributed by atoms with E-state index in [0.717, 1.165) is 48.6 Å². The molecule has 2 N–H and O–H groups in total. The molecule has 10 nitrogen and oxygen atoms in total. The molecule has 1 saturated carbocycles. The Hall–Kier alpha value is -3.70. The lowest BCUT2D eigenvalue weighted by atomic mass is 9.63. The zero-order valence-electron chi connectivity index (χ0n) is 31.1. The van der Waals surface area contributed by atoms with E-state index in [1.807, 2.05) is 32.0 Å². The molecule has 0 spiro atoms. The molecular weight excluding hydrogens is 617 g/mol. The molecule has 1 aliphatic heterocycles. The highest BCUT2D eigenvalue weighted by atomic mass is 19.1. The third-order valence-corrected chi connectivity index (χ3v) is 10.4. The van der Waals surface area contributed by atoms with Crippen molar-refractivity contribution in [1.29, 1.82) is 0 Å². The van der Waals surface area contributed by atoms with Gasteiger partial charge in [-0.3, -0.25) is 14.3 Å². The summed E-state index contributed by atoms with van der Waals surface area (Å²) in [6.45, 7) is 23.9. The Labute approximate surface area is 291 Å². The number of fused-ring (bicyclic) bond motifs is 1. The van der Waals surface area contributed by atoms with Gasteiger partial charge in [0.1, 0.15) is 18.2 Å².